The van der Waals surface area contributed by atoms with Crippen LogP contribution in [0.2, 0.25) is 0 Å². The number of piperidine rings is 1. The van der Waals surface area contributed by atoms with E-state index >= 15 is 0 Å². The second-order valence-corrected chi connectivity index (χ2v) is 6.75. The lowest BCUT2D eigenvalue weighted by Gasteiger charge is -2.35. The summed E-state index contributed by atoms with van der Waals surface area (Å²) >= 11 is 0. The Balaban J connectivity index is 1.65. The first-order valence-corrected chi connectivity index (χ1v) is 9.00. The number of nitrogens with zero attached hydrogens (tertiary/aromatic N) is 5. The van der Waals surface area contributed by atoms with Gasteiger partial charge in [0.25, 0.3) is 5.56 Å². The van der Waals surface area contributed by atoms with Gasteiger partial charge in [0.2, 0.25) is 0 Å². The molecule has 1 atom stereocenters. The number of aromatic nitrogens is 5. The highest BCUT2D eigenvalue weighted by molar-refractivity contribution is 5.37. The van der Waals surface area contributed by atoms with Crippen LogP contribution in [-0.4, -0.2) is 35.8 Å². The van der Waals surface area contributed by atoms with E-state index in [9.17, 15) is 4.79 Å². The Labute approximate surface area is 146 Å². The van der Waals surface area contributed by atoms with Gasteiger partial charge in [-0.25, -0.2) is 9.50 Å². The second kappa shape index (κ2) is 6.48. The van der Waals surface area contributed by atoms with E-state index in [2.05, 4.69) is 35.1 Å². The fraction of sp³-hybridized carbons (Fsp3) is 0.500. The van der Waals surface area contributed by atoms with E-state index in [0.717, 1.165) is 37.4 Å². The maximum Gasteiger partial charge on any atom is 0.272 e. The van der Waals surface area contributed by atoms with Crippen LogP contribution in [0.25, 0.3) is 5.65 Å². The molecule has 0 aromatic carbocycles. The normalized spacial score (nSPS) is 18.9. The average molecular weight is 340 g/mol. The van der Waals surface area contributed by atoms with Crippen LogP contribution in [0, 0.1) is 6.92 Å². The molecular weight excluding hydrogens is 316 g/mol. The van der Waals surface area contributed by atoms with Crippen molar-refractivity contribution in [2.45, 2.75) is 52.2 Å². The first-order valence-electron chi connectivity index (χ1n) is 9.00. The van der Waals surface area contributed by atoms with Crippen molar-refractivity contribution in [3.05, 3.63) is 51.8 Å². The molecule has 0 unspecified atom stereocenters. The molecule has 0 saturated carbocycles. The Morgan fingerprint density at radius 2 is 2.24 bits per heavy atom. The SMILES string of the molecule is CCn1cc(CN2CCCC[C@@H]2c2cc(=O)n3[nH]ccc3n2)c(C)n1. The van der Waals surface area contributed by atoms with Gasteiger partial charge in [0.1, 0.15) is 0 Å². The molecular formula is C18H24N6O. The molecule has 0 aliphatic carbocycles. The molecule has 0 spiro atoms. The minimum Gasteiger partial charge on any atom is -0.297 e. The Bertz CT molecular complexity index is 937. The smallest absolute Gasteiger partial charge is 0.272 e. The van der Waals surface area contributed by atoms with Crippen LogP contribution in [0.15, 0.2) is 29.3 Å². The zero-order chi connectivity index (χ0) is 17.4. The third-order valence-corrected chi connectivity index (χ3v) is 5.10. The number of aryl methyl sites for hydroxylation is 2. The van der Waals surface area contributed by atoms with E-state index in [1.807, 2.05) is 10.7 Å². The van der Waals surface area contributed by atoms with Crippen LogP contribution >= 0.6 is 0 Å². The number of nitrogens with one attached hydrogen (secondary N) is 1. The summed E-state index contributed by atoms with van der Waals surface area (Å²) in [6, 6.07) is 3.70. The van der Waals surface area contributed by atoms with Crippen LogP contribution in [-0.2, 0) is 13.1 Å². The molecule has 1 saturated heterocycles. The molecule has 3 aromatic heterocycles. The highest BCUT2D eigenvalue weighted by atomic mass is 16.1. The first kappa shape index (κ1) is 16.1. The Kier molecular flexibility index (Phi) is 4.17. The number of H-pyrrole nitrogens is 1. The topological polar surface area (TPSA) is 71.2 Å². The summed E-state index contributed by atoms with van der Waals surface area (Å²) < 4.78 is 3.46. The third kappa shape index (κ3) is 3.00. The molecule has 25 heavy (non-hydrogen) atoms. The summed E-state index contributed by atoms with van der Waals surface area (Å²) in [6.07, 6.45) is 7.27. The Morgan fingerprint density at radius 3 is 3.04 bits per heavy atom. The standard InChI is InChI=1S/C18H24N6O/c1-3-23-12-14(13(2)21-23)11-22-9-5-4-6-16(22)15-10-18(25)24-17(20-15)7-8-19-24/h7-8,10,12,16,19H,3-6,9,11H2,1-2H3/t16-/m1/s1. The van der Waals surface area contributed by atoms with Gasteiger partial charge >= 0.3 is 0 Å². The summed E-state index contributed by atoms with van der Waals surface area (Å²) in [7, 11) is 0. The highest BCUT2D eigenvalue weighted by Gasteiger charge is 2.27. The lowest BCUT2D eigenvalue weighted by Crippen LogP contribution is -2.34. The Morgan fingerprint density at radius 1 is 1.36 bits per heavy atom. The molecule has 0 amide bonds. The molecule has 4 rings (SSSR count). The van der Waals surface area contributed by atoms with Crippen LogP contribution in [0.5, 0.6) is 0 Å². The van der Waals surface area contributed by atoms with E-state index < -0.39 is 0 Å². The van der Waals surface area contributed by atoms with Crippen molar-refractivity contribution in [3.8, 4) is 0 Å². The predicted octanol–water partition coefficient (Wildman–Crippen LogP) is 2.27. The van der Waals surface area contributed by atoms with Crippen molar-refractivity contribution in [1.29, 1.82) is 0 Å². The van der Waals surface area contributed by atoms with Crippen molar-refractivity contribution in [2.75, 3.05) is 6.54 Å². The summed E-state index contributed by atoms with van der Waals surface area (Å²) in [4.78, 5) is 19.5. The molecule has 4 heterocycles. The zero-order valence-corrected chi connectivity index (χ0v) is 14.8. The second-order valence-electron chi connectivity index (χ2n) is 6.75. The molecule has 7 heteroatoms. The number of fused-ring (bicyclic) bond motifs is 1. The number of rotatable bonds is 4. The molecule has 0 bridgehead atoms. The zero-order valence-electron chi connectivity index (χ0n) is 14.8. The fourth-order valence-corrected chi connectivity index (χ4v) is 3.73. The van der Waals surface area contributed by atoms with E-state index in [1.54, 1.807) is 12.3 Å². The average Bonchev–Trinajstić information content (AvgIpc) is 3.22. The van der Waals surface area contributed by atoms with Gasteiger partial charge in [-0.2, -0.15) is 5.10 Å². The maximum atomic E-state index is 12.3. The number of hydrogen-bond donors (Lipinski definition) is 1. The molecule has 7 nitrogen and oxygen atoms in total. The van der Waals surface area contributed by atoms with Crippen molar-refractivity contribution < 1.29 is 0 Å². The van der Waals surface area contributed by atoms with Gasteiger partial charge in [-0.05, 0) is 33.2 Å². The quantitative estimate of drug-likeness (QED) is 0.791. The molecule has 132 valence electrons. The third-order valence-electron chi connectivity index (χ3n) is 5.10. The summed E-state index contributed by atoms with van der Waals surface area (Å²) in [5.74, 6) is 0. The van der Waals surface area contributed by atoms with Crippen LogP contribution < -0.4 is 5.56 Å². The molecule has 1 aliphatic rings. The minimum absolute atomic E-state index is 0.0505. The van der Waals surface area contributed by atoms with Crippen LogP contribution in [0.3, 0.4) is 0 Å². The highest BCUT2D eigenvalue weighted by Crippen LogP contribution is 2.31. The van der Waals surface area contributed by atoms with Gasteiger partial charge in [-0.1, -0.05) is 6.42 Å². The van der Waals surface area contributed by atoms with Gasteiger partial charge in [-0.3, -0.25) is 19.5 Å². The Hall–Kier alpha value is -2.41. The largest absolute Gasteiger partial charge is 0.297 e. The maximum absolute atomic E-state index is 12.3. The summed E-state index contributed by atoms with van der Waals surface area (Å²) in [5.41, 5.74) is 3.85. The minimum atomic E-state index is -0.0505. The van der Waals surface area contributed by atoms with Crippen molar-refractivity contribution in [3.63, 3.8) is 0 Å². The van der Waals surface area contributed by atoms with Crippen molar-refractivity contribution >= 4 is 5.65 Å². The molecule has 1 fully saturated rings. The van der Waals surface area contributed by atoms with Gasteiger partial charge < -0.3 is 0 Å². The van der Waals surface area contributed by atoms with Gasteiger partial charge in [0, 0.05) is 43.2 Å². The van der Waals surface area contributed by atoms with Gasteiger partial charge in [0.05, 0.1) is 17.4 Å². The predicted molar refractivity (Wildman–Crippen MR) is 95.5 cm³/mol. The fourth-order valence-electron chi connectivity index (χ4n) is 3.73. The van der Waals surface area contributed by atoms with E-state index in [4.69, 9.17) is 4.98 Å². The molecule has 1 aliphatic heterocycles. The van der Waals surface area contributed by atoms with E-state index in [0.29, 0.717) is 5.65 Å². The monoisotopic (exact) mass is 340 g/mol. The van der Waals surface area contributed by atoms with Gasteiger partial charge in [0.15, 0.2) is 5.65 Å². The lowest BCUT2D eigenvalue weighted by atomic mass is 9.98. The van der Waals surface area contributed by atoms with Crippen molar-refractivity contribution in [1.82, 2.24) is 29.3 Å². The number of aromatic amines is 1. The van der Waals surface area contributed by atoms with Crippen LogP contribution in [0.1, 0.15) is 49.2 Å². The number of hydrogen-bond acceptors (Lipinski definition) is 4. The molecule has 3 aromatic rings. The van der Waals surface area contributed by atoms with Crippen molar-refractivity contribution in [2.24, 2.45) is 0 Å². The molecule has 1 N–H and O–H groups in total. The summed E-state index contributed by atoms with van der Waals surface area (Å²) in [5, 5.41) is 7.46. The van der Waals surface area contributed by atoms with Gasteiger partial charge in [-0.15, -0.1) is 0 Å². The van der Waals surface area contributed by atoms with Crippen LogP contribution in [0.4, 0.5) is 0 Å². The first-order chi connectivity index (χ1) is 12.2. The van der Waals surface area contributed by atoms with E-state index in [1.165, 1.54) is 22.9 Å². The number of likely N-dealkylation sites (tertiary alicyclic amines) is 1. The lowest BCUT2D eigenvalue weighted by molar-refractivity contribution is 0.137. The molecule has 0 radical (unpaired) electrons. The summed E-state index contributed by atoms with van der Waals surface area (Å²) in [6.45, 7) is 6.92. The van der Waals surface area contributed by atoms with E-state index in [-0.39, 0.29) is 11.6 Å².